The molecule has 0 bridgehead atoms. The summed E-state index contributed by atoms with van der Waals surface area (Å²) in [5.74, 6) is -1.19. The molecule has 0 radical (unpaired) electrons. The Kier molecular flexibility index (Phi) is 5.15. The summed E-state index contributed by atoms with van der Waals surface area (Å²) in [5.41, 5.74) is 0. The van der Waals surface area contributed by atoms with Crippen LogP contribution in [0.2, 0.25) is 0 Å². The van der Waals surface area contributed by atoms with Gasteiger partial charge in [-0.2, -0.15) is 0 Å². The number of carboxylic acid groups (broad SMARTS) is 1. The van der Waals surface area contributed by atoms with E-state index < -0.39 is 11.9 Å². The molecular formula is C13H22N2O4. The van der Waals surface area contributed by atoms with Crippen LogP contribution >= 0.6 is 0 Å². The fourth-order valence-corrected chi connectivity index (χ4v) is 2.62. The fourth-order valence-electron chi connectivity index (χ4n) is 2.62. The zero-order valence-corrected chi connectivity index (χ0v) is 11.1. The second-order valence-corrected chi connectivity index (χ2v) is 5.23. The standard InChI is InChI=1S/C13H22N2O4/c16-12(15-7-3-10(9-15)13(17)18)4-8-19-11-1-5-14-6-2-11/h10-11,14H,1-9H2,(H,17,18). The number of amides is 1. The van der Waals surface area contributed by atoms with E-state index >= 15 is 0 Å². The molecule has 6 nitrogen and oxygen atoms in total. The zero-order chi connectivity index (χ0) is 13.7. The predicted molar refractivity (Wildman–Crippen MR) is 68.8 cm³/mol. The lowest BCUT2D eigenvalue weighted by Gasteiger charge is -2.23. The maximum atomic E-state index is 11.9. The van der Waals surface area contributed by atoms with E-state index in [0.29, 0.717) is 32.5 Å². The number of nitrogens with one attached hydrogen (secondary N) is 1. The highest BCUT2D eigenvalue weighted by atomic mass is 16.5. The van der Waals surface area contributed by atoms with Gasteiger partial charge in [-0.3, -0.25) is 9.59 Å². The maximum absolute atomic E-state index is 11.9. The van der Waals surface area contributed by atoms with Crippen molar-refractivity contribution in [2.75, 3.05) is 32.8 Å². The summed E-state index contributed by atoms with van der Waals surface area (Å²) < 4.78 is 5.68. The number of nitrogens with zero attached hydrogens (tertiary/aromatic N) is 1. The van der Waals surface area contributed by atoms with Gasteiger partial charge in [-0.1, -0.05) is 0 Å². The molecule has 2 aliphatic heterocycles. The van der Waals surface area contributed by atoms with E-state index in [1.165, 1.54) is 0 Å². The number of hydrogen-bond acceptors (Lipinski definition) is 4. The van der Waals surface area contributed by atoms with Crippen LogP contribution in [0.3, 0.4) is 0 Å². The second-order valence-electron chi connectivity index (χ2n) is 5.23. The number of aliphatic carboxylic acids is 1. The molecule has 1 atom stereocenters. The zero-order valence-electron chi connectivity index (χ0n) is 11.1. The number of rotatable bonds is 5. The van der Waals surface area contributed by atoms with Crippen molar-refractivity contribution in [2.45, 2.75) is 31.8 Å². The summed E-state index contributed by atoms with van der Waals surface area (Å²) in [6, 6.07) is 0. The second kappa shape index (κ2) is 6.86. The number of carboxylic acids is 1. The maximum Gasteiger partial charge on any atom is 0.308 e. The van der Waals surface area contributed by atoms with E-state index in [0.717, 1.165) is 25.9 Å². The van der Waals surface area contributed by atoms with Crippen LogP contribution < -0.4 is 5.32 Å². The van der Waals surface area contributed by atoms with Crippen LogP contribution in [0.4, 0.5) is 0 Å². The normalized spacial score (nSPS) is 24.6. The smallest absolute Gasteiger partial charge is 0.308 e. The first-order chi connectivity index (χ1) is 9.16. The third-order valence-corrected chi connectivity index (χ3v) is 3.85. The van der Waals surface area contributed by atoms with Crippen LogP contribution in [0.15, 0.2) is 0 Å². The van der Waals surface area contributed by atoms with Crippen molar-refractivity contribution in [3.05, 3.63) is 0 Å². The van der Waals surface area contributed by atoms with Crippen molar-refractivity contribution < 1.29 is 19.4 Å². The van der Waals surface area contributed by atoms with Gasteiger partial charge in [0.25, 0.3) is 0 Å². The Balaban J connectivity index is 1.63. The van der Waals surface area contributed by atoms with Gasteiger partial charge in [0, 0.05) is 13.1 Å². The number of carbonyl (C=O) groups is 2. The lowest BCUT2D eigenvalue weighted by molar-refractivity contribution is -0.141. The average molecular weight is 270 g/mol. The van der Waals surface area contributed by atoms with Gasteiger partial charge in [-0.25, -0.2) is 0 Å². The number of ether oxygens (including phenoxy) is 1. The van der Waals surface area contributed by atoms with Gasteiger partial charge in [0.05, 0.1) is 25.0 Å². The van der Waals surface area contributed by atoms with E-state index in [4.69, 9.17) is 9.84 Å². The van der Waals surface area contributed by atoms with Gasteiger partial charge in [-0.05, 0) is 32.4 Å². The number of carbonyl (C=O) groups excluding carboxylic acids is 1. The average Bonchev–Trinajstić information content (AvgIpc) is 2.89. The molecule has 1 unspecified atom stereocenters. The minimum absolute atomic E-state index is 0.0117. The molecule has 0 saturated carbocycles. The van der Waals surface area contributed by atoms with E-state index in [-0.39, 0.29) is 12.0 Å². The van der Waals surface area contributed by atoms with Crippen molar-refractivity contribution in [3.8, 4) is 0 Å². The molecule has 0 aliphatic carbocycles. The van der Waals surface area contributed by atoms with Gasteiger partial charge in [-0.15, -0.1) is 0 Å². The largest absolute Gasteiger partial charge is 0.481 e. The molecular weight excluding hydrogens is 248 g/mol. The van der Waals surface area contributed by atoms with Crippen molar-refractivity contribution in [3.63, 3.8) is 0 Å². The van der Waals surface area contributed by atoms with Crippen LogP contribution in [-0.4, -0.2) is 60.8 Å². The van der Waals surface area contributed by atoms with Gasteiger partial charge < -0.3 is 20.1 Å². The number of likely N-dealkylation sites (tertiary alicyclic amines) is 1. The van der Waals surface area contributed by atoms with Gasteiger partial charge in [0.2, 0.25) is 5.91 Å². The molecule has 1 amide bonds. The molecule has 2 N–H and O–H groups in total. The SMILES string of the molecule is O=C(O)C1CCN(C(=O)CCOC2CCNCC2)C1. The van der Waals surface area contributed by atoms with E-state index in [2.05, 4.69) is 5.32 Å². The number of piperidine rings is 1. The van der Waals surface area contributed by atoms with E-state index in [9.17, 15) is 9.59 Å². The molecule has 2 heterocycles. The molecule has 0 spiro atoms. The summed E-state index contributed by atoms with van der Waals surface area (Å²) >= 11 is 0. The van der Waals surface area contributed by atoms with Gasteiger partial charge in [0.1, 0.15) is 0 Å². The van der Waals surface area contributed by atoms with Crippen LogP contribution in [0.25, 0.3) is 0 Å². The monoisotopic (exact) mass is 270 g/mol. The highest BCUT2D eigenvalue weighted by Gasteiger charge is 2.30. The Hall–Kier alpha value is -1.14. The van der Waals surface area contributed by atoms with Crippen LogP contribution in [0.1, 0.15) is 25.7 Å². The van der Waals surface area contributed by atoms with Crippen LogP contribution in [-0.2, 0) is 14.3 Å². The highest BCUT2D eigenvalue weighted by Crippen LogP contribution is 2.17. The quantitative estimate of drug-likeness (QED) is 0.739. The highest BCUT2D eigenvalue weighted by molar-refractivity contribution is 5.78. The lowest BCUT2D eigenvalue weighted by Crippen LogP contribution is -2.34. The molecule has 2 rings (SSSR count). The number of hydrogen-bond donors (Lipinski definition) is 2. The first kappa shape index (κ1) is 14.3. The molecule has 2 fully saturated rings. The summed E-state index contributed by atoms with van der Waals surface area (Å²) in [6.07, 6.45) is 3.18. The summed E-state index contributed by atoms with van der Waals surface area (Å²) in [4.78, 5) is 24.4. The topological polar surface area (TPSA) is 78.9 Å². The molecule has 2 saturated heterocycles. The van der Waals surface area contributed by atoms with Crippen molar-refractivity contribution in [1.29, 1.82) is 0 Å². The van der Waals surface area contributed by atoms with E-state index in [1.807, 2.05) is 0 Å². The Morgan fingerprint density at radius 2 is 2.00 bits per heavy atom. The molecule has 0 aromatic carbocycles. The summed E-state index contributed by atoms with van der Waals surface area (Å²) in [5, 5.41) is 12.2. The minimum Gasteiger partial charge on any atom is -0.481 e. The predicted octanol–water partition coefficient (Wildman–Crippen LogP) is 0.0782. The molecule has 0 aromatic heterocycles. The van der Waals surface area contributed by atoms with Gasteiger partial charge in [0.15, 0.2) is 0 Å². The molecule has 0 aromatic rings. The molecule has 2 aliphatic rings. The first-order valence-corrected chi connectivity index (χ1v) is 6.99. The molecule has 19 heavy (non-hydrogen) atoms. The van der Waals surface area contributed by atoms with Crippen molar-refractivity contribution in [1.82, 2.24) is 10.2 Å². The van der Waals surface area contributed by atoms with Crippen molar-refractivity contribution in [2.24, 2.45) is 5.92 Å². The Labute approximate surface area is 113 Å². The Morgan fingerprint density at radius 1 is 1.26 bits per heavy atom. The Bertz CT molecular complexity index is 329. The lowest BCUT2D eigenvalue weighted by atomic mass is 10.1. The van der Waals surface area contributed by atoms with E-state index in [1.54, 1.807) is 4.90 Å². The Morgan fingerprint density at radius 3 is 2.63 bits per heavy atom. The first-order valence-electron chi connectivity index (χ1n) is 6.99. The molecule has 6 heteroatoms. The van der Waals surface area contributed by atoms with Crippen LogP contribution in [0, 0.1) is 5.92 Å². The van der Waals surface area contributed by atoms with Gasteiger partial charge >= 0.3 is 5.97 Å². The third kappa shape index (κ3) is 4.18. The summed E-state index contributed by atoms with van der Waals surface area (Å²) in [6.45, 7) is 3.30. The molecule has 108 valence electrons. The fraction of sp³-hybridized carbons (Fsp3) is 0.846. The minimum atomic E-state index is -0.804. The van der Waals surface area contributed by atoms with Crippen molar-refractivity contribution >= 4 is 11.9 Å². The van der Waals surface area contributed by atoms with Crippen LogP contribution in [0.5, 0.6) is 0 Å². The third-order valence-electron chi connectivity index (χ3n) is 3.85. The summed E-state index contributed by atoms with van der Waals surface area (Å²) in [7, 11) is 0.